The van der Waals surface area contributed by atoms with E-state index in [1.807, 2.05) is 4.90 Å². The molecule has 1 unspecified atom stereocenters. The molecule has 5 aromatic rings. The molecular formula is C35H36ClF3N10O5. The fourth-order valence-corrected chi connectivity index (χ4v) is 7.26. The molecule has 19 heteroatoms. The van der Waals surface area contributed by atoms with Crippen molar-refractivity contribution in [2.24, 2.45) is 13.0 Å². The smallest absolute Gasteiger partial charge is 0.435 e. The van der Waals surface area contributed by atoms with Gasteiger partial charge in [-0.05, 0) is 56.3 Å². The Kier molecular flexibility index (Phi) is 10.2. The van der Waals surface area contributed by atoms with Crippen molar-refractivity contribution in [2.45, 2.75) is 25.2 Å². The highest BCUT2D eigenvalue weighted by Crippen LogP contribution is 2.37. The number of benzene rings is 1. The standard InChI is InChI=1S/C35H36ClF3N10O5/c1-45-27(23-18-49(44-30(23)35(37,38)39)28-5-4-25-26(43-28)6-9-40-25)17-41-31(45)32(52)42-21-2-3-22(24(36)16-21)34(54)48-14-12-47(13-15-48)33(53)20-7-10-46(11-8-20)19-29(50)51/h2-6,9,16-18,20,34,40,54H,7-8,10-15,19H2,1H3,(H,42,52)(H,50,51). The van der Waals surface area contributed by atoms with Crippen LogP contribution in [0.1, 0.15) is 40.9 Å². The van der Waals surface area contributed by atoms with E-state index in [1.165, 1.54) is 36.1 Å². The molecule has 7 rings (SSSR count). The number of aliphatic hydroxyl groups excluding tert-OH is 1. The number of aromatic amines is 1. The molecule has 2 aliphatic heterocycles. The van der Waals surface area contributed by atoms with Crippen LogP contribution in [0, 0.1) is 5.92 Å². The second-order valence-corrected chi connectivity index (χ2v) is 13.7. The Labute approximate surface area is 310 Å². The number of anilines is 1. The molecule has 2 amide bonds. The number of alkyl halides is 3. The fourth-order valence-electron chi connectivity index (χ4n) is 6.98. The van der Waals surface area contributed by atoms with E-state index in [9.17, 15) is 32.7 Å². The number of piperidine rings is 1. The number of hydrogen-bond acceptors (Lipinski definition) is 9. The van der Waals surface area contributed by atoms with Gasteiger partial charge >= 0.3 is 12.1 Å². The van der Waals surface area contributed by atoms with Crippen molar-refractivity contribution < 1.29 is 37.8 Å². The Morgan fingerprint density at radius 2 is 1.80 bits per heavy atom. The van der Waals surface area contributed by atoms with Gasteiger partial charge in [0.15, 0.2) is 17.3 Å². The molecule has 1 aromatic carbocycles. The molecular weight excluding hydrogens is 733 g/mol. The quantitative estimate of drug-likeness (QED) is 0.171. The van der Waals surface area contributed by atoms with Crippen LogP contribution < -0.4 is 5.32 Å². The minimum absolute atomic E-state index is 0.000808. The summed E-state index contributed by atoms with van der Waals surface area (Å²) in [5.74, 6) is -1.71. The van der Waals surface area contributed by atoms with Crippen molar-refractivity contribution in [2.75, 3.05) is 51.1 Å². The number of fused-ring (bicyclic) bond motifs is 1. The molecule has 0 saturated carbocycles. The Hall–Kier alpha value is -5.30. The number of H-pyrrole nitrogens is 1. The van der Waals surface area contributed by atoms with E-state index in [2.05, 4.69) is 25.4 Å². The van der Waals surface area contributed by atoms with Crippen LogP contribution in [0.5, 0.6) is 0 Å². The number of imidazole rings is 1. The lowest BCUT2D eigenvalue weighted by Crippen LogP contribution is -2.52. The van der Waals surface area contributed by atoms with Crippen LogP contribution in [0.4, 0.5) is 18.9 Å². The lowest BCUT2D eigenvalue weighted by molar-refractivity contribution is -0.142. The van der Waals surface area contributed by atoms with Crippen molar-refractivity contribution in [3.8, 4) is 17.1 Å². The van der Waals surface area contributed by atoms with Gasteiger partial charge in [0, 0.05) is 67.8 Å². The van der Waals surface area contributed by atoms with E-state index < -0.39 is 30.0 Å². The van der Waals surface area contributed by atoms with Crippen molar-refractivity contribution in [1.82, 2.24) is 44.0 Å². The van der Waals surface area contributed by atoms with E-state index in [0.29, 0.717) is 68.7 Å². The summed E-state index contributed by atoms with van der Waals surface area (Å²) in [5.41, 5.74) is 0.463. The van der Waals surface area contributed by atoms with E-state index in [1.54, 1.807) is 40.3 Å². The maximum absolute atomic E-state index is 14.2. The predicted molar refractivity (Wildman–Crippen MR) is 190 cm³/mol. The van der Waals surface area contributed by atoms with Crippen LogP contribution in [0.2, 0.25) is 5.02 Å². The summed E-state index contributed by atoms with van der Waals surface area (Å²) in [6.07, 6.45) is -0.670. The minimum atomic E-state index is -4.82. The number of pyridine rings is 1. The van der Waals surface area contributed by atoms with Crippen LogP contribution in [-0.2, 0) is 22.8 Å². The molecule has 2 saturated heterocycles. The van der Waals surface area contributed by atoms with E-state index in [-0.39, 0.29) is 52.0 Å². The zero-order valence-corrected chi connectivity index (χ0v) is 29.7. The van der Waals surface area contributed by atoms with Crippen LogP contribution in [0.25, 0.3) is 28.1 Å². The van der Waals surface area contributed by atoms with E-state index in [4.69, 9.17) is 16.7 Å². The summed E-state index contributed by atoms with van der Waals surface area (Å²) >= 11 is 6.56. The van der Waals surface area contributed by atoms with E-state index >= 15 is 0 Å². The molecule has 4 N–H and O–H groups in total. The molecule has 6 heterocycles. The monoisotopic (exact) mass is 768 g/mol. The normalized spacial score (nSPS) is 16.9. The number of nitrogens with zero attached hydrogens (tertiary/aromatic N) is 8. The number of aromatic nitrogens is 6. The highest BCUT2D eigenvalue weighted by molar-refractivity contribution is 6.31. The largest absolute Gasteiger partial charge is 0.480 e. The summed E-state index contributed by atoms with van der Waals surface area (Å²) in [5, 5.41) is 26.8. The number of aliphatic carboxylic acids is 1. The molecule has 4 aromatic heterocycles. The lowest BCUT2D eigenvalue weighted by atomic mass is 9.95. The molecule has 0 aliphatic carbocycles. The number of aliphatic hydroxyl groups is 1. The number of hydrogen-bond donors (Lipinski definition) is 4. The summed E-state index contributed by atoms with van der Waals surface area (Å²) in [7, 11) is 1.42. The number of piperazine rings is 1. The summed E-state index contributed by atoms with van der Waals surface area (Å²) < 4.78 is 44.8. The highest BCUT2D eigenvalue weighted by Gasteiger charge is 2.39. The van der Waals surface area contributed by atoms with Crippen LogP contribution in [-0.4, -0.2) is 118 Å². The van der Waals surface area contributed by atoms with Gasteiger partial charge in [-0.1, -0.05) is 17.7 Å². The third-order valence-electron chi connectivity index (χ3n) is 9.88. The van der Waals surface area contributed by atoms with Gasteiger partial charge in [0.05, 0.1) is 35.0 Å². The maximum Gasteiger partial charge on any atom is 0.435 e. The number of carbonyl (C=O) groups excluding carboxylic acids is 2. The van der Waals surface area contributed by atoms with E-state index in [0.717, 1.165) is 4.68 Å². The van der Waals surface area contributed by atoms with Gasteiger partial charge < -0.3 is 30.0 Å². The Morgan fingerprint density at radius 3 is 2.48 bits per heavy atom. The number of carbonyl (C=O) groups is 3. The van der Waals surface area contributed by atoms with Crippen molar-refractivity contribution in [3.63, 3.8) is 0 Å². The van der Waals surface area contributed by atoms with Gasteiger partial charge in [0.25, 0.3) is 5.91 Å². The number of halogens is 4. The molecule has 54 heavy (non-hydrogen) atoms. The first kappa shape index (κ1) is 37.0. The predicted octanol–water partition coefficient (Wildman–Crippen LogP) is 4.01. The maximum atomic E-state index is 14.2. The van der Waals surface area contributed by atoms with Crippen molar-refractivity contribution in [1.29, 1.82) is 0 Å². The second kappa shape index (κ2) is 14.8. The third kappa shape index (κ3) is 7.54. The first-order chi connectivity index (χ1) is 25.8. The molecule has 1 atom stereocenters. The van der Waals surface area contributed by atoms with Crippen LogP contribution >= 0.6 is 11.6 Å². The summed E-state index contributed by atoms with van der Waals surface area (Å²) in [6, 6.07) is 9.48. The third-order valence-corrected chi connectivity index (χ3v) is 10.2. The molecule has 2 fully saturated rings. The fraction of sp³-hybridized carbons (Fsp3) is 0.371. The van der Waals surface area contributed by atoms with Gasteiger partial charge in [-0.2, -0.15) is 18.3 Å². The summed E-state index contributed by atoms with van der Waals surface area (Å²) in [6.45, 7) is 2.69. The number of carboxylic acids is 1. The first-order valence-electron chi connectivity index (χ1n) is 17.2. The SMILES string of the molecule is Cn1c(-c2cn(-c3ccc4[nH]ccc4n3)nc2C(F)(F)F)cnc1C(=O)Nc1ccc(C(O)N2CCN(C(=O)C3CCN(CC(=O)O)CC3)CC2)c(Cl)c1. The average Bonchev–Trinajstić information content (AvgIpc) is 3.89. The minimum Gasteiger partial charge on any atom is -0.480 e. The number of amides is 2. The highest BCUT2D eigenvalue weighted by atomic mass is 35.5. The summed E-state index contributed by atoms with van der Waals surface area (Å²) in [4.78, 5) is 54.3. The zero-order chi connectivity index (χ0) is 38.3. The van der Waals surface area contributed by atoms with Crippen molar-refractivity contribution >= 4 is 46.1 Å². The van der Waals surface area contributed by atoms with Gasteiger partial charge in [-0.25, -0.2) is 14.6 Å². The lowest BCUT2D eigenvalue weighted by Gasteiger charge is -2.40. The van der Waals surface area contributed by atoms with Gasteiger partial charge in [0.2, 0.25) is 5.91 Å². The molecule has 15 nitrogen and oxygen atoms in total. The number of carboxylic acid groups (broad SMARTS) is 1. The molecule has 0 spiro atoms. The number of nitrogens with one attached hydrogen (secondary N) is 2. The van der Waals surface area contributed by atoms with Gasteiger partial charge in [-0.3, -0.25) is 24.2 Å². The second-order valence-electron chi connectivity index (χ2n) is 13.3. The Morgan fingerprint density at radius 1 is 1.06 bits per heavy atom. The molecule has 0 bridgehead atoms. The molecule has 284 valence electrons. The van der Waals surface area contributed by atoms with Gasteiger partial charge in [-0.15, -0.1) is 0 Å². The van der Waals surface area contributed by atoms with Crippen LogP contribution in [0.15, 0.2) is 55.0 Å². The average molecular weight is 769 g/mol. The topological polar surface area (TPSA) is 178 Å². The number of likely N-dealkylation sites (tertiary alicyclic amines) is 1. The number of rotatable bonds is 9. The first-order valence-corrected chi connectivity index (χ1v) is 17.5. The Bertz CT molecular complexity index is 2200. The zero-order valence-electron chi connectivity index (χ0n) is 28.9. The van der Waals surface area contributed by atoms with Gasteiger partial charge in [0.1, 0.15) is 6.23 Å². The van der Waals surface area contributed by atoms with Crippen LogP contribution in [0.3, 0.4) is 0 Å². The van der Waals surface area contributed by atoms with Crippen molar-refractivity contribution in [3.05, 3.63) is 77.1 Å². The Balaban J connectivity index is 0.990. The molecule has 2 aliphatic rings. The molecule has 0 radical (unpaired) electrons.